The molecule has 0 aliphatic carbocycles. The molecule has 2 aromatic carbocycles. The van der Waals surface area contributed by atoms with E-state index in [-0.39, 0.29) is 0 Å². The highest BCUT2D eigenvalue weighted by Crippen LogP contribution is 2.32. The molecule has 0 radical (unpaired) electrons. The van der Waals surface area contributed by atoms with Crippen molar-refractivity contribution >= 4 is 33.4 Å². The second kappa shape index (κ2) is 6.85. The summed E-state index contributed by atoms with van der Waals surface area (Å²) in [6.45, 7) is 3.65. The van der Waals surface area contributed by atoms with E-state index in [1.807, 2.05) is 0 Å². The van der Waals surface area contributed by atoms with Gasteiger partial charge >= 0.3 is 0 Å². The van der Waals surface area contributed by atoms with Crippen molar-refractivity contribution in [3.8, 4) is 0 Å². The number of rotatable bonds is 2. The molecule has 6 heteroatoms. The largest absolute Gasteiger partial charge is 0.357 e. The van der Waals surface area contributed by atoms with Crippen LogP contribution >= 0.6 is 0 Å². The number of aromatic nitrogens is 4. The number of hydrogen-bond donors (Lipinski definition) is 2. The van der Waals surface area contributed by atoms with E-state index < -0.39 is 0 Å². The lowest BCUT2D eigenvalue weighted by Gasteiger charge is -2.31. The molecule has 0 bridgehead atoms. The molecule has 0 atom stereocenters. The lowest BCUT2D eigenvalue weighted by Crippen LogP contribution is -2.33. The standard InChI is InChI=1S/C26H24N6/c1-3-7-21-17(5-1)19-9-11-31(14-23(19)29-21)25-13-26(28-16-27-25)32-12-10-20-18-6-2-4-8-22(18)30-24(20)15-32/h1-8,13,16,29-30H,9-12,14-15H2. The van der Waals surface area contributed by atoms with Gasteiger partial charge in [-0.25, -0.2) is 9.97 Å². The summed E-state index contributed by atoms with van der Waals surface area (Å²) in [4.78, 5) is 21.2. The van der Waals surface area contributed by atoms with Crippen LogP contribution in [0.5, 0.6) is 0 Å². The molecule has 2 aliphatic heterocycles. The van der Waals surface area contributed by atoms with E-state index in [9.17, 15) is 0 Å². The molecular formula is C26H24N6. The SMILES string of the molecule is c1ccc2c3c([nH]c2c1)CN(c1cc(N2CCc4c([nH]c5ccccc45)C2)ncn1)CC3. The Morgan fingerprint density at radius 3 is 1.69 bits per heavy atom. The van der Waals surface area contributed by atoms with E-state index in [1.165, 1.54) is 44.3 Å². The van der Waals surface area contributed by atoms with Gasteiger partial charge in [0.2, 0.25) is 0 Å². The Kier molecular flexibility index (Phi) is 3.82. The maximum absolute atomic E-state index is 4.63. The van der Waals surface area contributed by atoms with Crippen molar-refractivity contribution < 1.29 is 0 Å². The summed E-state index contributed by atoms with van der Waals surface area (Å²) < 4.78 is 0. The lowest BCUT2D eigenvalue weighted by molar-refractivity contribution is 0.698. The van der Waals surface area contributed by atoms with E-state index in [4.69, 9.17) is 0 Å². The number of nitrogens with one attached hydrogen (secondary N) is 2. The molecule has 158 valence electrons. The molecule has 7 rings (SSSR count). The fourth-order valence-electron chi connectivity index (χ4n) is 5.46. The fraction of sp³-hybridized carbons (Fsp3) is 0.231. The van der Waals surface area contributed by atoms with Gasteiger partial charge in [-0.2, -0.15) is 0 Å². The van der Waals surface area contributed by atoms with Crippen LogP contribution in [0.15, 0.2) is 60.9 Å². The van der Waals surface area contributed by atoms with Crippen molar-refractivity contribution in [3.63, 3.8) is 0 Å². The summed E-state index contributed by atoms with van der Waals surface area (Å²) in [5.74, 6) is 2.00. The average molecular weight is 421 g/mol. The predicted molar refractivity (Wildman–Crippen MR) is 128 cm³/mol. The maximum Gasteiger partial charge on any atom is 0.134 e. The highest BCUT2D eigenvalue weighted by Gasteiger charge is 2.24. The molecule has 5 heterocycles. The van der Waals surface area contributed by atoms with E-state index in [0.29, 0.717) is 0 Å². The van der Waals surface area contributed by atoms with Crippen molar-refractivity contribution in [3.05, 3.63) is 83.4 Å². The minimum absolute atomic E-state index is 0.854. The first-order valence-electron chi connectivity index (χ1n) is 11.3. The van der Waals surface area contributed by atoms with Gasteiger partial charge in [-0.3, -0.25) is 0 Å². The third kappa shape index (κ3) is 2.72. The van der Waals surface area contributed by atoms with Crippen LogP contribution in [0.3, 0.4) is 0 Å². The summed E-state index contributed by atoms with van der Waals surface area (Å²) in [5, 5.41) is 2.71. The number of para-hydroxylation sites is 2. The van der Waals surface area contributed by atoms with E-state index >= 15 is 0 Å². The fourth-order valence-corrected chi connectivity index (χ4v) is 5.46. The summed E-state index contributed by atoms with van der Waals surface area (Å²) in [7, 11) is 0. The molecule has 0 saturated heterocycles. The van der Waals surface area contributed by atoms with Crippen molar-refractivity contribution in [1.82, 2.24) is 19.9 Å². The Labute approximate surface area is 185 Å². The highest BCUT2D eigenvalue weighted by molar-refractivity contribution is 5.86. The first-order valence-corrected chi connectivity index (χ1v) is 11.3. The van der Waals surface area contributed by atoms with Crippen molar-refractivity contribution in [2.45, 2.75) is 25.9 Å². The van der Waals surface area contributed by atoms with Gasteiger partial charge in [-0.05, 0) is 36.1 Å². The Morgan fingerprint density at radius 2 is 1.16 bits per heavy atom. The van der Waals surface area contributed by atoms with Crippen LogP contribution in [-0.2, 0) is 25.9 Å². The van der Waals surface area contributed by atoms with Crippen LogP contribution in [0.25, 0.3) is 21.8 Å². The second-order valence-electron chi connectivity index (χ2n) is 8.83. The first-order chi connectivity index (χ1) is 15.8. The molecule has 0 amide bonds. The number of hydrogen-bond acceptors (Lipinski definition) is 4. The molecule has 32 heavy (non-hydrogen) atoms. The van der Waals surface area contributed by atoms with Gasteiger partial charge in [0, 0.05) is 52.3 Å². The van der Waals surface area contributed by atoms with E-state index in [1.54, 1.807) is 6.33 Å². The van der Waals surface area contributed by atoms with Crippen LogP contribution in [0.2, 0.25) is 0 Å². The maximum atomic E-state index is 4.63. The highest BCUT2D eigenvalue weighted by atomic mass is 15.2. The predicted octanol–water partition coefficient (Wildman–Crippen LogP) is 4.56. The third-order valence-electron chi connectivity index (χ3n) is 7.05. The number of aromatic amines is 2. The zero-order valence-electron chi connectivity index (χ0n) is 17.8. The second-order valence-corrected chi connectivity index (χ2v) is 8.83. The van der Waals surface area contributed by atoms with Crippen LogP contribution in [-0.4, -0.2) is 33.0 Å². The molecule has 6 nitrogen and oxygen atoms in total. The topological polar surface area (TPSA) is 63.8 Å². The number of nitrogens with zero attached hydrogens (tertiary/aromatic N) is 4. The average Bonchev–Trinajstić information content (AvgIpc) is 3.41. The smallest absolute Gasteiger partial charge is 0.134 e. The molecule has 2 N–H and O–H groups in total. The normalized spacial score (nSPS) is 15.9. The molecular weight excluding hydrogens is 396 g/mol. The van der Waals surface area contributed by atoms with Crippen LogP contribution in [0, 0.1) is 0 Å². The van der Waals surface area contributed by atoms with Gasteiger partial charge in [0.15, 0.2) is 0 Å². The first kappa shape index (κ1) is 17.8. The van der Waals surface area contributed by atoms with Gasteiger partial charge in [-0.1, -0.05) is 36.4 Å². The molecule has 0 unspecified atom stereocenters. The van der Waals surface area contributed by atoms with Crippen molar-refractivity contribution in [2.75, 3.05) is 22.9 Å². The molecule has 0 saturated carbocycles. The molecule has 5 aromatic rings. The van der Waals surface area contributed by atoms with Gasteiger partial charge in [0.05, 0.1) is 13.1 Å². The summed E-state index contributed by atoms with van der Waals surface area (Å²) in [6, 6.07) is 19.3. The lowest BCUT2D eigenvalue weighted by atomic mass is 10.0. The van der Waals surface area contributed by atoms with Gasteiger partial charge in [0.1, 0.15) is 18.0 Å². The van der Waals surface area contributed by atoms with Crippen LogP contribution < -0.4 is 9.80 Å². The minimum atomic E-state index is 0.854. The van der Waals surface area contributed by atoms with E-state index in [0.717, 1.165) is 50.7 Å². The minimum Gasteiger partial charge on any atom is -0.357 e. The number of H-pyrrole nitrogens is 2. The molecule has 0 spiro atoms. The monoisotopic (exact) mass is 420 g/mol. The van der Waals surface area contributed by atoms with Gasteiger partial charge in [0.25, 0.3) is 0 Å². The van der Waals surface area contributed by atoms with Crippen LogP contribution in [0.4, 0.5) is 11.6 Å². The molecule has 0 fully saturated rings. The summed E-state index contributed by atoms with van der Waals surface area (Å²) in [6.07, 6.45) is 3.77. The zero-order chi connectivity index (χ0) is 21.1. The molecule has 3 aromatic heterocycles. The van der Waals surface area contributed by atoms with Crippen LogP contribution in [0.1, 0.15) is 22.5 Å². The number of benzene rings is 2. The summed E-state index contributed by atoms with van der Waals surface area (Å²) >= 11 is 0. The van der Waals surface area contributed by atoms with Gasteiger partial charge < -0.3 is 19.8 Å². The van der Waals surface area contributed by atoms with E-state index in [2.05, 4.69) is 84.3 Å². The Bertz CT molecular complexity index is 1350. The van der Waals surface area contributed by atoms with Gasteiger partial charge in [-0.15, -0.1) is 0 Å². The zero-order valence-corrected chi connectivity index (χ0v) is 17.8. The van der Waals surface area contributed by atoms with Crippen molar-refractivity contribution in [2.24, 2.45) is 0 Å². The number of anilines is 2. The summed E-state index contributed by atoms with van der Waals surface area (Å²) in [5.41, 5.74) is 7.97. The van der Waals surface area contributed by atoms with Crippen molar-refractivity contribution in [1.29, 1.82) is 0 Å². The Hall–Kier alpha value is -3.80. The Morgan fingerprint density at radius 1 is 0.656 bits per heavy atom. The molecule has 2 aliphatic rings. The third-order valence-corrected chi connectivity index (χ3v) is 7.05. The quantitative estimate of drug-likeness (QED) is 0.439. The number of fused-ring (bicyclic) bond motifs is 6. The Balaban J connectivity index is 1.17.